The van der Waals surface area contributed by atoms with Gasteiger partial charge in [-0.25, -0.2) is 4.79 Å². The molecule has 9 heteroatoms. The third-order valence-electron chi connectivity index (χ3n) is 3.56. The van der Waals surface area contributed by atoms with Crippen molar-refractivity contribution in [2.75, 3.05) is 26.2 Å². The van der Waals surface area contributed by atoms with E-state index in [0.717, 1.165) is 0 Å². The molecule has 2 amide bonds. The summed E-state index contributed by atoms with van der Waals surface area (Å²) in [7, 11) is -1.90. The summed E-state index contributed by atoms with van der Waals surface area (Å²) in [6.45, 7) is 7.12. The van der Waals surface area contributed by atoms with Crippen molar-refractivity contribution in [3.8, 4) is 5.75 Å². The Morgan fingerprint density at radius 2 is 1.52 bits per heavy atom. The molecule has 0 saturated carbocycles. The summed E-state index contributed by atoms with van der Waals surface area (Å²) in [6.07, 6.45) is -0.372. The van der Waals surface area contributed by atoms with Crippen molar-refractivity contribution in [1.82, 2.24) is 9.80 Å². The first-order chi connectivity index (χ1) is 11.7. The summed E-state index contributed by atoms with van der Waals surface area (Å²) >= 11 is 0. The Morgan fingerprint density at radius 3 is 2.00 bits per heavy atom. The first kappa shape index (κ1) is 19.1. The number of carbonyl (C=O) groups is 2. The fourth-order valence-corrected chi connectivity index (χ4v) is 2.40. The van der Waals surface area contributed by atoms with Crippen LogP contribution in [0, 0.1) is 0 Å². The number of hydrogen-bond acceptors (Lipinski definition) is 6. The molecule has 1 saturated heterocycles. The molecule has 1 fully saturated rings. The molecule has 0 aliphatic carbocycles. The Hall–Kier alpha value is -2.26. The molecule has 0 atom stereocenters. The van der Waals surface area contributed by atoms with Gasteiger partial charge in [0.15, 0.2) is 0 Å². The van der Waals surface area contributed by atoms with E-state index in [4.69, 9.17) is 19.4 Å². The van der Waals surface area contributed by atoms with Crippen molar-refractivity contribution in [3.05, 3.63) is 29.8 Å². The lowest BCUT2D eigenvalue weighted by Crippen LogP contribution is -2.51. The van der Waals surface area contributed by atoms with Gasteiger partial charge < -0.3 is 29.2 Å². The standard InChI is InChI=1S/C16H23BN2O6/c1-16(2,3)24-15(21)19-10-8-18(9-11-19)14(20)12-4-6-13(7-5-12)25-17(22)23/h4-7,22-23H,8-11H2,1-3H3. The average molecular weight is 350 g/mol. The van der Waals surface area contributed by atoms with Gasteiger partial charge in [0.25, 0.3) is 5.91 Å². The highest BCUT2D eigenvalue weighted by molar-refractivity contribution is 6.33. The number of ether oxygens (including phenoxy) is 1. The maximum absolute atomic E-state index is 12.5. The fourth-order valence-electron chi connectivity index (χ4n) is 2.40. The average Bonchev–Trinajstić information content (AvgIpc) is 2.53. The molecule has 1 aromatic rings. The molecular weight excluding hydrogens is 327 g/mol. The Bertz CT molecular complexity index is 606. The summed E-state index contributed by atoms with van der Waals surface area (Å²) in [6, 6.07) is 6.09. The van der Waals surface area contributed by atoms with Gasteiger partial charge in [-0.15, -0.1) is 0 Å². The molecule has 1 heterocycles. The second-order valence-corrected chi connectivity index (χ2v) is 6.73. The van der Waals surface area contributed by atoms with E-state index in [1.165, 1.54) is 12.1 Å². The Kier molecular flexibility index (Phi) is 5.91. The Morgan fingerprint density at radius 1 is 1.00 bits per heavy atom. The van der Waals surface area contributed by atoms with E-state index >= 15 is 0 Å². The molecule has 1 aliphatic rings. The zero-order chi connectivity index (χ0) is 18.6. The van der Waals surface area contributed by atoms with Crippen LogP contribution in [0.2, 0.25) is 0 Å². The summed E-state index contributed by atoms with van der Waals surface area (Å²) in [5, 5.41) is 17.5. The number of hydrogen-bond donors (Lipinski definition) is 2. The van der Waals surface area contributed by atoms with Crippen molar-refractivity contribution in [2.24, 2.45) is 0 Å². The van der Waals surface area contributed by atoms with Crippen LogP contribution in [0.4, 0.5) is 4.79 Å². The number of piperazine rings is 1. The van der Waals surface area contributed by atoms with Gasteiger partial charge in [0.05, 0.1) is 0 Å². The van der Waals surface area contributed by atoms with E-state index in [0.29, 0.717) is 31.7 Å². The van der Waals surface area contributed by atoms with Crippen molar-refractivity contribution in [3.63, 3.8) is 0 Å². The zero-order valence-corrected chi connectivity index (χ0v) is 14.6. The van der Waals surface area contributed by atoms with Gasteiger partial charge >= 0.3 is 13.4 Å². The van der Waals surface area contributed by atoms with Crippen LogP contribution in [0.3, 0.4) is 0 Å². The van der Waals surface area contributed by atoms with Crippen LogP contribution >= 0.6 is 0 Å². The van der Waals surface area contributed by atoms with Gasteiger partial charge in [-0.05, 0) is 45.0 Å². The highest BCUT2D eigenvalue weighted by Crippen LogP contribution is 2.16. The fraction of sp³-hybridized carbons (Fsp3) is 0.500. The summed E-state index contributed by atoms with van der Waals surface area (Å²) in [5.74, 6) is 0.0984. The molecule has 0 unspecified atom stereocenters. The molecule has 2 N–H and O–H groups in total. The maximum atomic E-state index is 12.5. The quantitative estimate of drug-likeness (QED) is 0.780. The van der Waals surface area contributed by atoms with E-state index in [2.05, 4.69) is 0 Å². The van der Waals surface area contributed by atoms with Crippen LogP contribution in [-0.2, 0) is 4.74 Å². The second kappa shape index (κ2) is 7.75. The van der Waals surface area contributed by atoms with Crippen LogP contribution in [0.1, 0.15) is 31.1 Å². The van der Waals surface area contributed by atoms with Crippen molar-refractivity contribution < 1.29 is 29.0 Å². The van der Waals surface area contributed by atoms with Gasteiger partial charge in [-0.2, -0.15) is 0 Å². The zero-order valence-electron chi connectivity index (χ0n) is 14.6. The van der Waals surface area contributed by atoms with E-state index < -0.39 is 12.9 Å². The van der Waals surface area contributed by atoms with E-state index in [1.807, 2.05) is 20.8 Å². The number of amides is 2. The first-order valence-electron chi connectivity index (χ1n) is 8.06. The molecule has 0 aromatic heterocycles. The van der Waals surface area contributed by atoms with Gasteiger partial charge in [0.1, 0.15) is 11.4 Å². The molecular formula is C16H23BN2O6. The number of nitrogens with zero attached hydrogens (tertiary/aromatic N) is 2. The molecule has 0 bridgehead atoms. The van der Waals surface area contributed by atoms with Gasteiger partial charge in [-0.1, -0.05) is 0 Å². The van der Waals surface area contributed by atoms with Gasteiger partial charge in [0, 0.05) is 31.7 Å². The van der Waals surface area contributed by atoms with Crippen LogP contribution in [-0.4, -0.2) is 70.9 Å². The summed E-state index contributed by atoms with van der Waals surface area (Å²) in [4.78, 5) is 27.8. The third kappa shape index (κ3) is 5.65. The number of rotatable bonds is 3. The smallest absolute Gasteiger partial charge is 0.512 e. The number of benzene rings is 1. The van der Waals surface area contributed by atoms with Crippen molar-refractivity contribution in [2.45, 2.75) is 26.4 Å². The van der Waals surface area contributed by atoms with Crippen LogP contribution in [0.5, 0.6) is 5.75 Å². The first-order valence-corrected chi connectivity index (χ1v) is 8.06. The highest BCUT2D eigenvalue weighted by Gasteiger charge is 2.28. The summed E-state index contributed by atoms with van der Waals surface area (Å²) < 4.78 is 10.0. The normalized spacial score (nSPS) is 14.9. The highest BCUT2D eigenvalue weighted by atomic mass is 16.6. The minimum atomic E-state index is -1.90. The van der Waals surface area contributed by atoms with E-state index in [-0.39, 0.29) is 17.7 Å². The van der Waals surface area contributed by atoms with Crippen molar-refractivity contribution >= 4 is 19.3 Å². The molecule has 1 aromatic carbocycles. The Labute approximate surface area is 147 Å². The van der Waals surface area contributed by atoms with Crippen LogP contribution in [0.25, 0.3) is 0 Å². The lowest BCUT2D eigenvalue weighted by Gasteiger charge is -2.35. The molecule has 136 valence electrons. The molecule has 0 spiro atoms. The van der Waals surface area contributed by atoms with E-state index in [9.17, 15) is 9.59 Å². The minimum absolute atomic E-state index is 0.153. The number of carbonyl (C=O) groups excluding carboxylic acids is 2. The predicted octanol–water partition coefficient (Wildman–Crippen LogP) is 0.728. The molecule has 25 heavy (non-hydrogen) atoms. The second-order valence-electron chi connectivity index (χ2n) is 6.73. The predicted molar refractivity (Wildman–Crippen MR) is 91.0 cm³/mol. The monoisotopic (exact) mass is 350 g/mol. The lowest BCUT2D eigenvalue weighted by molar-refractivity contribution is 0.0141. The largest absolute Gasteiger partial charge is 0.707 e. The van der Waals surface area contributed by atoms with Gasteiger partial charge in [0.2, 0.25) is 0 Å². The van der Waals surface area contributed by atoms with Crippen LogP contribution in [0.15, 0.2) is 24.3 Å². The third-order valence-corrected chi connectivity index (χ3v) is 3.56. The summed E-state index contributed by atoms with van der Waals surface area (Å²) in [5.41, 5.74) is -0.0822. The van der Waals surface area contributed by atoms with Gasteiger partial charge in [-0.3, -0.25) is 4.79 Å². The molecule has 0 radical (unpaired) electrons. The molecule has 1 aliphatic heterocycles. The maximum Gasteiger partial charge on any atom is 0.707 e. The Balaban J connectivity index is 1.89. The van der Waals surface area contributed by atoms with Crippen molar-refractivity contribution in [1.29, 1.82) is 0 Å². The topological polar surface area (TPSA) is 99.5 Å². The molecule has 8 nitrogen and oxygen atoms in total. The van der Waals surface area contributed by atoms with Crippen LogP contribution < -0.4 is 4.65 Å². The lowest BCUT2D eigenvalue weighted by atomic mass is 10.1. The SMILES string of the molecule is CC(C)(C)OC(=O)N1CCN(C(=O)c2ccc(OB(O)O)cc2)CC1. The minimum Gasteiger partial charge on any atom is -0.512 e. The van der Waals surface area contributed by atoms with E-state index in [1.54, 1.807) is 21.9 Å². The molecule has 2 rings (SSSR count).